The number of methoxy groups -OCH3 is 2. The second-order valence-corrected chi connectivity index (χ2v) is 6.22. The zero-order chi connectivity index (χ0) is 19.3. The van der Waals surface area contributed by atoms with Crippen molar-refractivity contribution < 1.29 is 19.1 Å². The fourth-order valence-corrected chi connectivity index (χ4v) is 2.90. The molecule has 0 aliphatic carbocycles. The van der Waals surface area contributed by atoms with Crippen LogP contribution in [0.3, 0.4) is 0 Å². The largest absolute Gasteiger partial charge is 0.495 e. The van der Waals surface area contributed by atoms with Crippen molar-refractivity contribution >= 4 is 40.7 Å². The maximum atomic E-state index is 12.2. The van der Waals surface area contributed by atoms with Crippen molar-refractivity contribution in [3.63, 3.8) is 0 Å². The van der Waals surface area contributed by atoms with Gasteiger partial charge in [-0.25, -0.2) is 0 Å². The summed E-state index contributed by atoms with van der Waals surface area (Å²) in [6.45, 7) is 1.67. The Morgan fingerprint density at radius 2 is 1.69 bits per heavy atom. The molecule has 0 aromatic heterocycles. The van der Waals surface area contributed by atoms with Crippen LogP contribution in [0.15, 0.2) is 30.3 Å². The minimum Gasteiger partial charge on any atom is -0.495 e. The molecule has 2 aromatic carbocycles. The third-order valence-corrected chi connectivity index (χ3v) is 4.06. The number of nitrogens with one attached hydrogen (secondary N) is 2. The standard InChI is InChI=1S/C18H18Cl2N2O4/c1-10-4-5-15(25-2)14(6-10)22-16(23)9-21-18(24)11-7-12(19)17(26-3)13(20)8-11/h4-8H,9H2,1-3H3,(H,21,24)(H,22,23). The Kier molecular flexibility index (Phi) is 6.71. The molecule has 0 saturated carbocycles. The van der Waals surface area contributed by atoms with Crippen molar-refractivity contribution in [1.29, 1.82) is 0 Å². The zero-order valence-electron chi connectivity index (χ0n) is 14.5. The number of amides is 2. The zero-order valence-corrected chi connectivity index (χ0v) is 16.0. The first-order valence-corrected chi connectivity index (χ1v) is 8.37. The van der Waals surface area contributed by atoms with Crippen molar-refractivity contribution in [2.24, 2.45) is 0 Å². The van der Waals surface area contributed by atoms with Crippen LogP contribution in [0, 0.1) is 6.92 Å². The van der Waals surface area contributed by atoms with Crippen LogP contribution < -0.4 is 20.1 Å². The van der Waals surface area contributed by atoms with E-state index in [9.17, 15) is 9.59 Å². The van der Waals surface area contributed by atoms with Crippen LogP contribution in [0.25, 0.3) is 0 Å². The van der Waals surface area contributed by atoms with Gasteiger partial charge in [0.15, 0.2) is 5.75 Å². The number of rotatable bonds is 6. The van der Waals surface area contributed by atoms with Gasteiger partial charge >= 0.3 is 0 Å². The van der Waals surface area contributed by atoms with E-state index in [4.69, 9.17) is 32.7 Å². The molecule has 0 saturated heterocycles. The van der Waals surface area contributed by atoms with Gasteiger partial charge in [0.1, 0.15) is 5.75 Å². The van der Waals surface area contributed by atoms with Gasteiger partial charge in [0, 0.05) is 5.56 Å². The van der Waals surface area contributed by atoms with E-state index in [0.29, 0.717) is 11.4 Å². The summed E-state index contributed by atoms with van der Waals surface area (Å²) in [7, 11) is 2.94. The number of halogens is 2. The Bertz CT molecular complexity index is 817. The predicted octanol–water partition coefficient (Wildman–Crippen LogP) is 3.69. The van der Waals surface area contributed by atoms with Gasteiger partial charge in [0.25, 0.3) is 5.91 Å². The topological polar surface area (TPSA) is 76.7 Å². The van der Waals surface area contributed by atoms with Crippen LogP contribution in [0.2, 0.25) is 10.0 Å². The molecule has 2 aromatic rings. The molecule has 8 heteroatoms. The molecular formula is C18H18Cl2N2O4. The number of aryl methyl sites for hydroxylation is 1. The van der Waals surface area contributed by atoms with Crippen LogP contribution in [0.1, 0.15) is 15.9 Å². The Morgan fingerprint density at radius 1 is 1.04 bits per heavy atom. The van der Waals surface area contributed by atoms with E-state index in [2.05, 4.69) is 10.6 Å². The molecule has 0 spiro atoms. The first-order chi connectivity index (χ1) is 12.3. The summed E-state index contributed by atoms with van der Waals surface area (Å²) in [5.41, 5.74) is 1.72. The van der Waals surface area contributed by atoms with Crippen LogP contribution in [-0.4, -0.2) is 32.6 Å². The van der Waals surface area contributed by atoms with Crippen LogP contribution >= 0.6 is 23.2 Å². The third kappa shape index (κ3) is 4.80. The molecule has 2 N–H and O–H groups in total. The number of hydrogen-bond donors (Lipinski definition) is 2. The minimum atomic E-state index is -0.484. The van der Waals surface area contributed by atoms with Gasteiger partial charge in [0.05, 0.1) is 36.5 Å². The molecular weight excluding hydrogens is 379 g/mol. The smallest absolute Gasteiger partial charge is 0.251 e. The Labute approximate surface area is 161 Å². The van der Waals surface area contributed by atoms with E-state index in [1.165, 1.54) is 26.4 Å². The van der Waals surface area contributed by atoms with Crippen molar-refractivity contribution in [3.05, 3.63) is 51.5 Å². The molecule has 138 valence electrons. The monoisotopic (exact) mass is 396 g/mol. The van der Waals surface area contributed by atoms with Crippen molar-refractivity contribution in [1.82, 2.24) is 5.32 Å². The molecule has 0 fully saturated rings. The molecule has 0 heterocycles. The summed E-state index contributed by atoms with van der Waals surface area (Å²) >= 11 is 12.0. The van der Waals surface area contributed by atoms with Gasteiger partial charge in [-0.3, -0.25) is 9.59 Å². The third-order valence-electron chi connectivity index (χ3n) is 3.50. The van der Waals surface area contributed by atoms with Gasteiger partial charge < -0.3 is 20.1 Å². The highest BCUT2D eigenvalue weighted by Gasteiger charge is 2.15. The molecule has 26 heavy (non-hydrogen) atoms. The molecule has 2 rings (SSSR count). The lowest BCUT2D eigenvalue weighted by Gasteiger charge is -2.12. The fraction of sp³-hybridized carbons (Fsp3) is 0.222. The van der Waals surface area contributed by atoms with Crippen LogP contribution in [0.4, 0.5) is 5.69 Å². The highest BCUT2D eigenvalue weighted by Crippen LogP contribution is 2.33. The van der Waals surface area contributed by atoms with Crippen molar-refractivity contribution in [2.75, 3.05) is 26.1 Å². The van der Waals surface area contributed by atoms with Crippen molar-refractivity contribution in [3.8, 4) is 11.5 Å². The molecule has 0 unspecified atom stereocenters. The van der Waals surface area contributed by atoms with E-state index in [0.717, 1.165) is 5.56 Å². The molecule has 2 amide bonds. The normalized spacial score (nSPS) is 10.2. The highest BCUT2D eigenvalue weighted by atomic mass is 35.5. The summed E-state index contributed by atoms with van der Waals surface area (Å²) in [6, 6.07) is 8.24. The van der Waals surface area contributed by atoms with E-state index >= 15 is 0 Å². The summed E-state index contributed by atoms with van der Waals surface area (Å²) in [4.78, 5) is 24.3. The maximum Gasteiger partial charge on any atom is 0.251 e. The molecule has 6 nitrogen and oxygen atoms in total. The van der Waals surface area contributed by atoms with E-state index in [1.807, 2.05) is 13.0 Å². The number of carbonyl (C=O) groups is 2. The summed E-state index contributed by atoms with van der Waals surface area (Å²) < 4.78 is 10.2. The predicted molar refractivity (Wildman–Crippen MR) is 102 cm³/mol. The molecule has 0 atom stereocenters. The molecule has 0 aliphatic heterocycles. The van der Waals surface area contributed by atoms with Crippen LogP contribution in [-0.2, 0) is 4.79 Å². The Balaban J connectivity index is 2.01. The summed E-state index contributed by atoms with van der Waals surface area (Å²) in [5.74, 6) is -0.0612. The molecule has 0 aliphatic rings. The number of carbonyl (C=O) groups excluding carboxylic acids is 2. The first kappa shape index (κ1) is 19.9. The van der Waals surface area contributed by atoms with Crippen LogP contribution in [0.5, 0.6) is 11.5 Å². The van der Waals surface area contributed by atoms with Gasteiger partial charge in [-0.15, -0.1) is 0 Å². The van der Waals surface area contributed by atoms with E-state index < -0.39 is 11.8 Å². The Hall–Kier alpha value is -2.44. The summed E-state index contributed by atoms with van der Waals surface area (Å²) in [5, 5.41) is 5.63. The summed E-state index contributed by atoms with van der Waals surface area (Å²) in [6.07, 6.45) is 0. The number of benzene rings is 2. The van der Waals surface area contributed by atoms with Gasteiger partial charge in [-0.05, 0) is 36.8 Å². The average Bonchev–Trinajstić information content (AvgIpc) is 2.59. The van der Waals surface area contributed by atoms with Gasteiger partial charge in [-0.1, -0.05) is 29.3 Å². The molecule has 0 bridgehead atoms. The fourth-order valence-electron chi connectivity index (χ4n) is 2.26. The lowest BCUT2D eigenvalue weighted by molar-refractivity contribution is -0.115. The SMILES string of the molecule is COc1ccc(C)cc1NC(=O)CNC(=O)c1cc(Cl)c(OC)c(Cl)c1. The second-order valence-electron chi connectivity index (χ2n) is 5.41. The minimum absolute atomic E-state index is 0.207. The van der Waals surface area contributed by atoms with E-state index in [-0.39, 0.29) is 27.9 Å². The quantitative estimate of drug-likeness (QED) is 0.780. The lowest BCUT2D eigenvalue weighted by atomic mass is 10.2. The number of ether oxygens (including phenoxy) is 2. The Morgan fingerprint density at radius 3 is 2.27 bits per heavy atom. The maximum absolute atomic E-state index is 12.2. The first-order valence-electron chi connectivity index (χ1n) is 7.61. The second kappa shape index (κ2) is 8.78. The molecule has 0 radical (unpaired) electrons. The average molecular weight is 397 g/mol. The lowest BCUT2D eigenvalue weighted by Crippen LogP contribution is -2.33. The van der Waals surface area contributed by atoms with Crippen molar-refractivity contribution in [2.45, 2.75) is 6.92 Å². The highest BCUT2D eigenvalue weighted by molar-refractivity contribution is 6.37. The van der Waals surface area contributed by atoms with Gasteiger partial charge in [-0.2, -0.15) is 0 Å². The number of anilines is 1. The van der Waals surface area contributed by atoms with E-state index in [1.54, 1.807) is 12.1 Å². The van der Waals surface area contributed by atoms with Gasteiger partial charge in [0.2, 0.25) is 5.91 Å². The number of hydrogen-bond acceptors (Lipinski definition) is 4.